The summed E-state index contributed by atoms with van der Waals surface area (Å²) in [5, 5.41) is -0.146. The minimum Gasteiger partial charge on any atom is -0.395 e. The molecule has 1 aromatic heterocycles. The SMILES string of the molecule is Nc1c(Br)ncc(C(F)F)c1Cl. The molecule has 0 amide bonds. The van der Waals surface area contributed by atoms with Gasteiger partial charge in [-0.1, -0.05) is 11.6 Å². The number of hydrogen-bond donors (Lipinski definition) is 1. The summed E-state index contributed by atoms with van der Waals surface area (Å²) >= 11 is 8.48. The topological polar surface area (TPSA) is 38.9 Å². The number of pyridine rings is 1. The molecule has 0 unspecified atom stereocenters. The lowest BCUT2D eigenvalue weighted by Gasteiger charge is -2.05. The van der Waals surface area contributed by atoms with Gasteiger partial charge in [-0.2, -0.15) is 0 Å². The smallest absolute Gasteiger partial charge is 0.266 e. The molecule has 0 aromatic carbocycles. The van der Waals surface area contributed by atoms with Gasteiger partial charge in [0.05, 0.1) is 16.3 Å². The number of nitrogen functional groups attached to an aromatic ring is 1. The molecule has 0 aliphatic carbocycles. The molecule has 0 spiro atoms. The van der Waals surface area contributed by atoms with Gasteiger partial charge in [-0.05, 0) is 15.9 Å². The van der Waals surface area contributed by atoms with E-state index in [1.54, 1.807) is 0 Å². The maximum absolute atomic E-state index is 12.1. The number of anilines is 1. The van der Waals surface area contributed by atoms with Crippen molar-refractivity contribution in [2.45, 2.75) is 6.43 Å². The maximum atomic E-state index is 12.1. The van der Waals surface area contributed by atoms with Crippen molar-refractivity contribution in [3.63, 3.8) is 0 Å². The lowest BCUT2D eigenvalue weighted by Crippen LogP contribution is -1.96. The average molecular weight is 257 g/mol. The molecule has 1 aromatic rings. The van der Waals surface area contributed by atoms with Crippen molar-refractivity contribution in [3.05, 3.63) is 21.4 Å². The Kier molecular flexibility index (Phi) is 2.85. The summed E-state index contributed by atoms with van der Waals surface area (Å²) in [4.78, 5) is 3.59. The summed E-state index contributed by atoms with van der Waals surface area (Å²) in [6.07, 6.45) is -1.66. The van der Waals surface area contributed by atoms with Crippen LogP contribution in [0.5, 0.6) is 0 Å². The zero-order valence-corrected chi connectivity index (χ0v) is 8.03. The van der Waals surface area contributed by atoms with E-state index in [-0.39, 0.29) is 20.9 Å². The van der Waals surface area contributed by atoms with Crippen molar-refractivity contribution in [2.24, 2.45) is 0 Å². The van der Waals surface area contributed by atoms with Gasteiger partial charge in [-0.15, -0.1) is 0 Å². The Bertz CT molecular complexity index is 306. The Hall–Kier alpha value is -0.420. The van der Waals surface area contributed by atoms with E-state index < -0.39 is 6.43 Å². The second kappa shape index (κ2) is 3.53. The van der Waals surface area contributed by atoms with E-state index in [0.29, 0.717) is 0 Å². The van der Waals surface area contributed by atoms with E-state index in [1.165, 1.54) is 0 Å². The number of alkyl halides is 2. The Morgan fingerprint density at radius 1 is 1.58 bits per heavy atom. The van der Waals surface area contributed by atoms with E-state index in [1.807, 2.05) is 0 Å². The van der Waals surface area contributed by atoms with E-state index in [2.05, 4.69) is 20.9 Å². The van der Waals surface area contributed by atoms with Gasteiger partial charge in [0.1, 0.15) is 4.60 Å². The molecule has 1 heterocycles. The Balaban J connectivity index is 3.27. The van der Waals surface area contributed by atoms with E-state index in [9.17, 15) is 8.78 Å². The van der Waals surface area contributed by atoms with Crippen LogP contribution in [0.15, 0.2) is 10.8 Å². The third kappa shape index (κ3) is 1.67. The summed E-state index contributed by atoms with van der Waals surface area (Å²) in [6.45, 7) is 0. The highest BCUT2D eigenvalue weighted by Gasteiger charge is 2.16. The Labute approximate surface area is 80.9 Å². The third-order valence-electron chi connectivity index (χ3n) is 1.26. The minimum atomic E-state index is -2.65. The Morgan fingerprint density at radius 2 is 2.17 bits per heavy atom. The van der Waals surface area contributed by atoms with E-state index in [4.69, 9.17) is 17.3 Å². The molecule has 2 N–H and O–H groups in total. The summed E-state index contributed by atoms with van der Waals surface area (Å²) in [6, 6.07) is 0. The van der Waals surface area contributed by atoms with E-state index >= 15 is 0 Å². The molecule has 0 aliphatic heterocycles. The van der Waals surface area contributed by atoms with Gasteiger partial charge in [0.25, 0.3) is 6.43 Å². The fraction of sp³-hybridized carbons (Fsp3) is 0.167. The predicted octanol–water partition coefficient (Wildman–Crippen LogP) is 3.02. The van der Waals surface area contributed by atoms with Gasteiger partial charge in [-0.3, -0.25) is 0 Å². The van der Waals surface area contributed by atoms with Crippen molar-refractivity contribution >= 4 is 33.2 Å². The second-order valence-electron chi connectivity index (χ2n) is 2.03. The summed E-state index contributed by atoms with van der Waals surface area (Å²) in [5.74, 6) is 0. The predicted molar refractivity (Wildman–Crippen MR) is 46.3 cm³/mol. The molecule has 0 saturated heterocycles. The molecule has 0 bridgehead atoms. The van der Waals surface area contributed by atoms with Crippen LogP contribution in [-0.4, -0.2) is 4.98 Å². The number of halogens is 4. The molecular weight excluding hydrogens is 253 g/mol. The molecule has 2 nitrogen and oxygen atoms in total. The van der Waals surface area contributed by atoms with Gasteiger partial charge in [0.2, 0.25) is 0 Å². The highest BCUT2D eigenvalue weighted by atomic mass is 79.9. The van der Waals surface area contributed by atoms with Crippen molar-refractivity contribution < 1.29 is 8.78 Å². The average Bonchev–Trinajstić information content (AvgIpc) is 2.00. The van der Waals surface area contributed by atoms with Crippen molar-refractivity contribution in [3.8, 4) is 0 Å². The third-order valence-corrected chi connectivity index (χ3v) is 2.32. The summed E-state index contributed by atoms with van der Waals surface area (Å²) in [7, 11) is 0. The molecule has 66 valence electrons. The normalized spacial score (nSPS) is 10.8. The lowest BCUT2D eigenvalue weighted by molar-refractivity contribution is 0.151. The fourth-order valence-electron chi connectivity index (χ4n) is 0.651. The first-order valence-corrected chi connectivity index (χ1v) is 4.08. The first-order valence-electron chi connectivity index (χ1n) is 2.91. The van der Waals surface area contributed by atoms with Crippen LogP contribution in [0.25, 0.3) is 0 Å². The van der Waals surface area contributed by atoms with E-state index in [0.717, 1.165) is 6.20 Å². The van der Waals surface area contributed by atoms with Crippen LogP contribution in [0.1, 0.15) is 12.0 Å². The number of nitrogens with two attached hydrogens (primary N) is 1. The van der Waals surface area contributed by atoms with Crippen LogP contribution in [0, 0.1) is 0 Å². The first-order chi connectivity index (χ1) is 5.54. The molecule has 0 aliphatic rings. The lowest BCUT2D eigenvalue weighted by atomic mass is 10.3. The van der Waals surface area contributed by atoms with Gasteiger partial charge >= 0.3 is 0 Å². The quantitative estimate of drug-likeness (QED) is 0.786. The van der Waals surface area contributed by atoms with Crippen LogP contribution in [0.2, 0.25) is 5.02 Å². The highest BCUT2D eigenvalue weighted by Crippen LogP contribution is 2.33. The minimum absolute atomic E-state index is 0.0365. The van der Waals surface area contributed by atoms with Gasteiger partial charge in [-0.25, -0.2) is 13.8 Å². The zero-order valence-electron chi connectivity index (χ0n) is 5.69. The molecule has 1 rings (SSSR count). The summed E-state index contributed by atoms with van der Waals surface area (Å²) in [5.41, 5.74) is 5.03. The molecule has 0 atom stereocenters. The van der Waals surface area contributed by atoms with Crippen molar-refractivity contribution in [1.29, 1.82) is 0 Å². The molecule has 0 radical (unpaired) electrons. The molecule has 12 heavy (non-hydrogen) atoms. The Morgan fingerprint density at radius 3 is 2.67 bits per heavy atom. The van der Waals surface area contributed by atoms with Crippen molar-refractivity contribution in [2.75, 3.05) is 5.73 Å². The molecular formula is C6H4BrClF2N2. The molecule has 0 saturated carbocycles. The highest BCUT2D eigenvalue weighted by molar-refractivity contribution is 9.10. The monoisotopic (exact) mass is 256 g/mol. The van der Waals surface area contributed by atoms with Crippen LogP contribution >= 0.6 is 27.5 Å². The number of hydrogen-bond acceptors (Lipinski definition) is 2. The zero-order chi connectivity index (χ0) is 9.30. The maximum Gasteiger partial charge on any atom is 0.266 e. The second-order valence-corrected chi connectivity index (χ2v) is 3.16. The van der Waals surface area contributed by atoms with Crippen LogP contribution in [-0.2, 0) is 0 Å². The number of nitrogens with zero attached hydrogens (tertiary/aromatic N) is 1. The fourth-order valence-corrected chi connectivity index (χ4v) is 1.29. The standard InChI is InChI=1S/C6H4BrClF2N2/c7-5-4(11)3(8)2(1-12-5)6(9)10/h1,6H,11H2. The number of rotatable bonds is 1. The summed E-state index contributed by atoms with van der Waals surface area (Å²) < 4.78 is 24.6. The first kappa shape index (κ1) is 9.67. The van der Waals surface area contributed by atoms with Crippen LogP contribution < -0.4 is 5.73 Å². The van der Waals surface area contributed by atoms with Gasteiger partial charge in [0, 0.05) is 6.20 Å². The van der Waals surface area contributed by atoms with Gasteiger partial charge < -0.3 is 5.73 Å². The molecule has 6 heteroatoms. The largest absolute Gasteiger partial charge is 0.395 e. The number of aromatic nitrogens is 1. The molecule has 0 fully saturated rings. The van der Waals surface area contributed by atoms with Gasteiger partial charge in [0.15, 0.2) is 0 Å². The van der Waals surface area contributed by atoms with Crippen LogP contribution in [0.3, 0.4) is 0 Å². The van der Waals surface area contributed by atoms with Crippen LogP contribution in [0.4, 0.5) is 14.5 Å². The van der Waals surface area contributed by atoms with Crippen molar-refractivity contribution in [1.82, 2.24) is 4.98 Å².